The highest BCUT2D eigenvalue weighted by molar-refractivity contribution is 9.09. The number of nitrogens with zero attached hydrogens (tertiary/aromatic N) is 2. The number of halogens is 1. The molecule has 0 aromatic carbocycles. The molecule has 1 aromatic heterocycles. The van der Waals surface area contributed by atoms with E-state index in [0.717, 1.165) is 24.7 Å². The van der Waals surface area contributed by atoms with Crippen LogP contribution in [0.1, 0.15) is 19.8 Å². The molecule has 78 valence electrons. The van der Waals surface area contributed by atoms with E-state index in [-0.39, 0.29) is 5.56 Å². The highest BCUT2D eigenvalue weighted by Crippen LogP contribution is 2.09. The second-order valence-electron chi connectivity index (χ2n) is 3.48. The van der Waals surface area contributed by atoms with Gasteiger partial charge in [-0.05, 0) is 18.8 Å². The molecule has 1 atom stereocenters. The summed E-state index contributed by atoms with van der Waals surface area (Å²) in [4.78, 5) is 15.2. The van der Waals surface area contributed by atoms with Gasteiger partial charge in [0.1, 0.15) is 0 Å². The number of rotatable bonds is 5. The number of aryl methyl sites for hydroxylation is 1. The van der Waals surface area contributed by atoms with Crippen LogP contribution in [0.5, 0.6) is 0 Å². The fourth-order valence-electron chi connectivity index (χ4n) is 1.24. The fourth-order valence-corrected chi connectivity index (χ4v) is 2.02. The summed E-state index contributed by atoms with van der Waals surface area (Å²) >= 11 is 3.41. The molecule has 0 radical (unpaired) electrons. The van der Waals surface area contributed by atoms with Gasteiger partial charge in [-0.1, -0.05) is 22.9 Å². The Labute approximate surface area is 92.3 Å². The van der Waals surface area contributed by atoms with Crippen molar-refractivity contribution in [3.05, 3.63) is 28.9 Å². The Hall–Kier alpha value is -0.640. The smallest absolute Gasteiger partial charge is 0.253 e. The zero-order chi connectivity index (χ0) is 10.4. The van der Waals surface area contributed by atoms with E-state index in [4.69, 9.17) is 0 Å². The van der Waals surface area contributed by atoms with Crippen LogP contribution in [0.2, 0.25) is 0 Å². The first kappa shape index (κ1) is 11.4. The van der Waals surface area contributed by atoms with Crippen molar-refractivity contribution in [3.8, 4) is 0 Å². The van der Waals surface area contributed by atoms with Crippen LogP contribution >= 0.6 is 15.9 Å². The zero-order valence-electron chi connectivity index (χ0n) is 8.32. The van der Waals surface area contributed by atoms with Gasteiger partial charge >= 0.3 is 0 Å². The van der Waals surface area contributed by atoms with Gasteiger partial charge in [-0.2, -0.15) is 0 Å². The molecule has 0 amide bonds. The van der Waals surface area contributed by atoms with Crippen molar-refractivity contribution in [2.24, 2.45) is 5.92 Å². The Bertz CT molecular complexity index is 324. The summed E-state index contributed by atoms with van der Waals surface area (Å²) in [5, 5.41) is 1.02. The summed E-state index contributed by atoms with van der Waals surface area (Å²) in [7, 11) is 0. The molecule has 3 nitrogen and oxygen atoms in total. The van der Waals surface area contributed by atoms with Gasteiger partial charge in [0.05, 0.1) is 6.33 Å². The average molecular weight is 259 g/mol. The highest BCUT2D eigenvalue weighted by atomic mass is 79.9. The molecular weight excluding hydrogens is 244 g/mol. The zero-order valence-corrected chi connectivity index (χ0v) is 9.90. The van der Waals surface area contributed by atoms with Crippen LogP contribution in [0.15, 0.2) is 23.4 Å². The maximum Gasteiger partial charge on any atom is 0.253 e. The van der Waals surface area contributed by atoms with E-state index >= 15 is 0 Å². The van der Waals surface area contributed by atoms with Crippen molar-refractivity contribution in [1.29, 1.82) is 0 Å². The van der Waals surface area contributed by atoms with Gasteiger partial charge in [-0.15, -0.1) is 0 Å². The quantitative estimate of drug-likeness (QED) is 0.758. The topological polar surface area (TPSA) is 34.9 Å². The molecule has 0 spiro atoms. The Morgan fingerprint density at radius 3 is 3.00 bits per heavy atom. The summed E-state index contributed by atoms with van der Waals surface area (Å²) < 4.78 is 1.66. The summed E-state index contributed by atoms with van der Waals surface area (Å²) in [6.07, 6.45) is 5.30. The lowest BCUT2D eigenvalue weighted by Crippen LogP contribution is -2.19. The third-order valence-electron chi connectivity index (χ3n) is 2.26. The summed E-state index contributed by atoms with van der Waals surface area (Å²) in [6.45, 7) is 2.96. The minimum Gasteiger partial charge on any atom is -0.299 e. The van der Waals surface area contributed by atoms with Crippen molar-refractivity contribution in [1.82, 2.24) is 9.55 Å². The van der Waals surface area contributed by atoms with Crippen molar-refractivity contribution in [2.75, 3.05) is 5.33 Å². The molecular formula is C10H15BrN2O. The Morgan fingerprint density at radius 2 is 2.36 bits per heavy atom. The highest BCUT2D eigenvalue weighted by Gasteiger charge is 2.02. The fraction of sp³-hybridized carbons (Fsp3) is 0.600. The molecule has 1 aromatic rings. The maximum atomic E-state index is 11.3. The van der Waals surface area contributed by atoms with Crippen LogP contribution < -0.4 is 5.56 Å². The monoisotopic (exact) mass is 258 g/mol. The van der Waals surface area contributed by atoms with Crippen LogP contribution in [0.4, 0.5) is 0 Å². The number of aromatic nitrogens is 2. The van der Waals surface area contributed by atoms with Crippen LogP contribution in [0.25, 0.3) is 0 Å². The molecule has 0 aliphatic heterocycles. The Kier molecular flexibility index (Phi) is 4.87. The van der Waals surface area contributed by atoms with E-state index in [0.29, 0.717) is 5.92 Å². The first-order valence-electron chi connectivity index (χ1n) is 4.80. The van der Waals surface area contributed by atoms with Crippen LogP contribution in [0, 0.1) is 5.92 Å². The molecule has 0 saturated carbocycles. The van der Waals surface area contributed by atoms with Crippen molar-refractivity contribution in [2.45, 2.75) is 26.3 Å². The Morgan fingerprint density at radius 1 is 1.57 bits per heavy atom. The number of hydrogen-bond donors (Lipinski definition) is 0. The molecule has 0 bridgehead atoms. The molecule has 0 aliphatic carbocycles. The van der Waals surface area contributed by atoms with Crippen LogP contribution in [0.3, 0.4) is 0 Å². The average Bonchev–Trinajstić information content (AvgIpc) is 2.17. The third kappa shape index (κ3) is 3.62. The largest absolute Gasteiger partial charge is 0.299 e. The summed E-state index contributed by atoms with van der Waals surface area (Å²) in [5.41, 5.74) is 0.0334. The van der Waals surface area contributed by atoms with Gasteiger partial charge < -0.3 is 0 Å². The van der Waals surface area contributed by atoms with E-state index < -0.39 is 0 Å². The molecule has 0 saturated heterocycles. The van der Waals surface area contributed by atoms with Gasteiger partial charge in [0.2, 0.25) is 0 Å². The van der Waals surface area contributed by atoms with E-state index in [2.05, 4.69) is 27.8 Å². The first-order chi connectivity index (χ1) is 6.74. The molecule has 4 heteroatoms. The molecule has 1 unspecified atom stereocenters. The van der Waals surface area contributed by atoms with E-state index in [1.165, 1.54) is 12.3 Å². The van der Waals surface area contributed by atoms with Crippen molar-refractivity contribution >= 4 is 15.9 Å². The minimum absolute atomic E-state index is 0.0334. The molecule has 14 heavy (non-hydrogen) atoms. The molecule has 1 rings (SSSR count). The van der Waals surface area contributed by atoms with E-state index in [1.54, 1.807) is 10.9 Å². The summed E-state index contributed by atoms with van der Waals surface area (Å²) in [6, 6.07) is 1.50. The lowest BCUT2D eigenvalue weighted by atomic mass is 10.1. The van der Waals surface area contributed by atoms with Gasteiger partial charge in [0.15, 0.2) is 0 Å². The SMILES string of the molecule is CC(CCBr)CCn1cnccc1=O. The molecule has 0 aliphatic rings. The van der Waals surface area contributed by atoms with E-state index in [1.807, 2.05) is 0 Å². The standard InChI is InChI=1S/C10H15BrN2O/c1-9(2-5-11)4-7-13-8-12-6-3-10(13)14/h3,6,8-9H,2,4-5,7H2,1H3. The first-order valence-corrected chi connectivity index (χ1v) is 5.92. The van der Waals surface area contributed by atoms with Crippen molar-refractivity contribution in [3.63, 3.8) is 0 Å². The van der Waals surface area contributed by atoms with E-state index in [9.17, 15) is 4.79 Å². The predicted octanol–water partition coefficient (Wildman–Crippen LogP) is 2.05. The Balaban J connectivity index is 2.46. The lowest BCUT2D eigenvalue weighted by Gasteiger charge is -2.09. The van der Waals surface area contributed by atoms with Gasteiger partial charge in [-0.3, -0.25) is 9.36 Å². The normalized spacial score (nSPS) is 12.7. The predicted molar refractivity (Wildman–Crippen MR) is 60.7 cm³/mol. The van der Waals surface area contributed by atoms with Crippen LogP contribution in [-0.2, 0) is 6.54 Å². The molecule has 1 heterocycles. The van der Waals surface area contributed by atoms with Gasteiger partial charge in [-0.25, -0.2) is 4.98 Å². The lowest BCUT2D eigenvalue weighted by molar-refractivity contribution is 0.464. The minimum atomic E-state index is 0.0334. The summed E-state index contributed by atoms with van der Waals surface area (Å²) in [5.74, 6) is 0.640. The maximum absolute atomic E-state index is 11.3. The van der Waals surface area contributed by atoms with Crippen molar-refractivity contribution < 1.29 is 0 Å². The second kappa shape index (κ2) is 5.96. The third-order valence-corrected chi connectivity index (χ3v) is 2.71. The van der Waals surface area contributed by atoms with Crippen LogP contribution in [-0.4, -0.2) is 14.9 Å². The second-order valence-corrected chi connectivity index (χ2v) is 4.28. The number of alkyl halides is 1. The van der Waals surface area contributed by atoms with Gasteiger partial charge in [0.25, 0.3) is 5.56 Å². The van der Waals surface area contributed by atoms with Gasteiger partial charge in [0, 0.05) is 24.1 Å². The molecule has 0 fully saturated rings. The number of hydrogen-bond acceptors (Lipinski definition) is 2. The molecule has 0 N–H and O–H groups in total.